The number of halogens is 1. The van der Waals surface area contributed by atoms with E-state index in [1.807, 2.05) is 12.1 Å². The molecule has 0 amide bonds. The second kappa shape index (κ2) is 13.4. The molecule has 8 heteroatoms. The summed E-state index contributed by atoms with van der Waals surface area (Å²) in [7, 11) is 6.64. The van der Waals surface area contributed by atoms with Crippen molar-refractivity contribution in [2.24, 2.45) is 4.99 Å². The zero-order valence-electron chi connectivity index (χ0n) is 19.4. The van der Waals surface area contributed by atoms with Crippen LogP contribution in [0.3, 0.4) is 0 Å². The monoisotopic (exact) mass is 554 g/mol. The van der Waals surface area contributed by atoms with Crippen LogP contribution < -0.4 is 24.8 Å². The maximum absolute atomic E-state index is 5.45. The van der Waals surface area contributed by atoms with Gasteiger partial charge in [-0.3, -0.25) is 9.89 Å². The lowest BCUT2D eigenvalue weighted by Gasteiger charge is -2.29. The molecule has 1 atom stereocenters. The minimum atomic E-state index is 0. The predicted octanol–water partition coefficient (Wildman–Crippen LogP) is 3.83. The van der Waals surface area contributed by atoms with Crippen molar-refractivity contribution in [1.82, 2.24) is 15.5 Å². The van der Waals surface area contributed by atoms with Crippen LogP contribution >= 0.6 is 24.0 Å². The molecule has 0 radical (unpaired) electrons. The van der Waals surface area contributed by atoms with E-state index in [0.29, 0.717) is 29.8 Å². The Kier molecular flexibility index (Phi) is 10.9. The van der Waals surface area contributed by atoms with E-state index in [9.17, 15) is 0 Å². The molecule has 32 heavy (non-hydrogen) atoms. The van der Waals surface area contributed by atoms with Gasteiger partial charge in [-0.2, -0.15) is 0 Å². The minimum Gasteiger partial charge on any atom is -0.493 e. The van der Waals surface area contributed by atoms with Gasteiger partial charge in [0.25, 0.3) is 0 Å². The summed E-state index contributed by atoms with van der Waals surface area (Å²) in [4.78, 5) is 6.95. The van der Waals surface area contributed by atoms with E-state index in [4.69, 9.17) is 14.2 Å². The molecule has 2 aromatic carbocycles. The molecule has 0 spiro atoms. The maximum Gasteiger partial charge on any atom is 0.203 e. The molecule has 2 N–H and O–H groups in total. The maximum atomic E-state index is 5.45. The van der Waals surface area contributed by atoms with Crippen LogP contribution in [0.1, 0.15) is 30.0 Å². The standard InChI is InChI=1S/C24H34N4O3.HI/c1-25-24(26-16-18-14-21(29-2)23(31-4)22(15-18)30-3)27-17-20(28-12-8-9-13-28)19-10-6-5-7-11-19;/h5-7,10-11,14-15,20H,8-9,12-13,16-17H2,1-4H3,(H2,25,26,27);1H. The summed E-state index contributed by atoms with van der Waals surface area (Å²) >= 11 is 0. The van der Waals surface area contributed by atoms with Gasteiger partial charge in [-0.05, 0) is 49.2 Å². The fourth-order valence-electron chi connectivity index (χ4n) is 4.02. The summed E-state index contributed by atoms with van der Waals surface area (Å²) in [5.74, 6) is 2.63. The predicted molar refractivity (Wildman–Crippen MR) is 140 cm³/mol. The first-order valence-corrected chi connectivity index (χ1v) is 10.7. The second-order valence-corrected chi connectivity index (χ2v) is 7.51. The lowest BCUT2D eigenvalue weighted by atomic mass is 10.1. The zero-order chi connectivity index (χ0) is 22.1. The summed E-state index contributed by atoms with van der Waals surface area (Å²) in [6.07, 6.45) is 2.52. The third kappa shape index (κ3) is 6.65. The first-order valence-electron chi connectivity index (χ1n) is 10.7. The van der Waals surface area contributed by atoms with Gasteiger partial charge >= 0.3 is 0 Å². The van der Waals surface area contributed by atoms with Crippen LogP contribution in [0.4, 0.5) is 0 Å². The summed E-state index contributed by atoms with van der Waals surface area (Å²) in [6.45, 7) is 3.65. The Morgan fingerprint density at radius 2 is 1.59 bits per heavy atom. The first-order chi connectivity index (χ1) is 15.2. The number of likely N-dealkylation sites (tertiary alicyclic amines) is 1. The topological polar surface area (TPSA) is 67.4 Å². The highest BCUT2D eigenvalue weighted by molar-refractivity contribution is 14.0. The van der Waals surface area contributed by atoms with Gasteiger partial charge in [-0.25, -0.2) is 0 Å². The van der Waals surface area contributed by atoms with Gasteiger partial charge in [0.05, 0.1) is 27.4 Å². The Bertz CT molecular complexity index is 833. The number of ether oxygens (including phenoxy) is 3. The van der Waals surface area contributed by atoms with Gasteiger partial charge in [0.2, 0.25) is 5.75 Å². The number of nitrogens with one attached hydrogen (secondary N) is 2. The highest BCUT2D eigenvalue weighted by Gasteiger charge is 2.23. The molecule has 2 aromatic rings. The van der Waals surface area contributed by atoms with Crippen LogP contribution in [-0.4, -0.2) is 58.9 Å². The van der Waals surface area contributed by atoms with Crippen molar-refractivity contribution in [2.45, 2.75) is 25.4 Å². The molecule has 7 nitrogen and oxygen atoms in total. The normalized spacial score (nSPS) is 14.9. The number of methoxy groups -OCH3 is 3. The van der Waals surface area contributed by atoms with Crippen molar-refractivity contribution in [3.05, 3.63) is 53.6 Å². The molecule has 1 aliphatic heterocycles. The SMILES string of the molecule is CN=C(NCc1cc(OC)c(OC)c(OC)c1)NCC(c1ccccc1)N1CCCC1.I. The lowest BCUT2D eigenvalue weighted by Crippen LogP contribution is -2.42. The molecule has 0 aromatic heterocycles. The fraction of sp³-hybridized carbons (Fsp3) is 0.458. The van der Waals surface area contributed by atoms with Gasteiger partial charge in [-0.15, -0.1) is 24.0 Å². The molecule has 1 aliphatic rings. The first kappa shape index (κ1) is 26.1. The number of rotatable bonds is 9. The van der Waals surface area contributed by atoms with Crippen LogP contribution in [-0.2, 0) is 6.54 Å². The average Bonchev–Trinajstić information content (AvgIpc) is 3.35. The molecule has 0 aliphatic carbocycles. The van der Waals surface area contributed by atoms with E-state index in [1.165, 1.54) is 18.4 Å². The van der Waals surface area contributed by atoms with Crippen molar-refractivity contribution < 1.29 is 14.2 Å². The largest absolute Gasteiger partial charge is 0.493 e. The van der Waals surface area contributed by atoms with Gasteiger partial charge in [-0.1, -0.05) is 30.3 Å². The second-order valence-electron chi connectivity index (χ2n) is 7.51. The van der Waals surface area contributed by atoms with Crippen LogP contribution in [0.2, 0.25) is 0 Å². The van der Waals surface area contributed by atoms with Crippen molar-refractivity contribution in [3.8, 4) is 17.2 Å². The zero-order valence-corrected chi connectivity index (χ0v) is 21.7. The molecule has 1 fully saturated rings. The molecule has 0 saturated carbocycles. The number of aliphatic imine (C=N–C) groups is 1. The van der Waals surface area contributed by atoms with Crippen LogP contribution in [0.15, 0.2) is 47.5 Å². The van der Waals surface area contributed by atoms with Crippen molar-refractivity contribution in [2.75, 3.05) is 48.0 Å². The van der Waals surface area contributed by atoms with Crippen molar-refractivity contribution in [1.29, 1.82) is 0 Å². The highest BCUT2D eigenvalue weighted by atomic mass is 127. The summed E-state index contributed by atoms with van der Waals surface area (Å²) in [5.41, 5.74) is 2.34. The summed E-state index contributed by atoms with van der Waals surface area (Å²) < 4.78 is 16.3. The third-order valence-corrected chi connectivity index (χ3v) is 5.64. The number of guanidine groups is 1. The molecule has 3 rings (SSSR count). The van der Waals surface area contributed by atoms with Crippen LogP contribution in [0.25, 0.3) is 0 Å². The van der Waals surface area contributed by atoms with Gasteiger partial charge in [0, 0.05) is 20.1 Å². The van der Waals surface area contributed by atoms with E-state index >= 15 is 0 Å². The van der Waals surface area contributed by atoms with Crippen LogP contribution in [0, 0.1) is 0 Å². The quantitative estimate of drug-likeness (QED) is 0.279. The minimum absolute atomic E-state index is 0. The van der Waals surface area contributed by atoms with Gasteiger partial charge in [0.1, 0.15) is 0 Å². The third-order valence-electron chi connectivity index (χ3n) is 5.64. The van der Waals surface area contributed by atoms with E-state index < -0.39 is 0 Å². The smallest absolute Gasteiger partial charge is 0.203 e. The lowest BCUT2D eigenvalue weighted by molar-refractivity contribution is 0.245. The van der Waals surface area contributed by atoms with Gasteiger partial charge < -0.3 is 24.8 Å². The molecule has 1 saturated heterocycles. The fourth-order valence-corrected chi connectivity index (χ4v) is 4.02. The summed E-state index contributed by atoms with van der Waals surface area (Å²) in [6, 6.07) is 14.9. The number of hydrogen-bond acceptors (Lipinski definition) is 5. The Morgan fingerprint density at radius 1 is 0.969 bits per heavy atom. The molecular formula is C24H35IN4O3. The molecular weight excluding hydrogens is 519 g/mol. The van der Waals surface area contributed by atoms with E-state index in [1.54, 1.807) is 28.4 Å². The van der Waals surface area contributed by atoms with E-state index in [0.717, 1.165) is 31.2 Å². The Labute approximate surface area is 208 Å². The highest BCUT2D eigenvalue weighted by Crippen LogP contribution is 2.38. The Hall–Kier alpha value is -2.20. The van der Waals surface area contributed by atoms with Gasteiger partial charge in [0.15, 0.2) is 17.5 Å². The number of hydrogen-bond donors (Lipinski definition) is 2. The Morgan fingerprint density at radius 3 is 2.12 bits per heavy atom. The van der Waals surface area contributed by atoms with Crippen molar-refractivity contribution >= 4 is 29.9 Å². The van der Waals surface area contributed by atoms with Crippen LogP contribution in [0.5, 0.6) is 17.2 Å². The molecule has 1 heterocycles. The Balaban J connectivity index is 0.00000363. The molecule has 1 unspecified atom stereocenters. The molecule has 0 bridgehead atoms. The number of nitrogens with zero attached hydrogens (tertiary/aromatic N) is 2. The van der Waals surface area contributed by atoms with E-state index in [2.05, 4.69) is 50.9 Å². The van der Waals surface area contributed by atoms with E-state index in [-0.39, 0.29) is 24.0 Å². The molecule has 176 valence electrons. The van der Waals surface area contributed by atoms with Crippen molar-refractivity contribution in [3.63, 3.8) is 0 Å². The number of benzene rings is 2. The summed E-state index contributed by atoms with van der Waals surface area (Å²) in [5, 5.41) is 6.90. The average molecular weight is 554 g/mol.